The molecule has 1 aromatic carbocycles. The van der Waals surface area contributed by atoms with Crippen molar-refractivity contribution < 1.29 is 18.1 Å². The van der Waals surface area contributed by atoms with Gasteiger partial charge in [0.15, 0.2) is 6.04 Å². The average Bonchev–Trinajstić information content (AvgIpc) is 3.18. The zero-order valence-corrected chi connectivity index (χ0v) is 17.5. The topological polar surface area (TPSA) is 70.9 Å². The van der Waals surface area contributed by atoms with Crippen LogP contribution in [0.2, 0.25) is 0 Å². The van der Waals surface area contributed by atoms with E-state index in [0.717, 1.165) is 15.1 Å². The van der Waals surface area contributed by atoms with Gasteiger partial charge >= 0.3 is 0 Å². The van der Waals surface area contributed by atoms with Crippen molar-refractivity contribution in [3.8, 4) is 0 Å². The summed E-state index contributed by atoms with van der Waals surface area (Å²) >= 11 is 4.60. The normalized spacial score (nSPS) is 17.8. The van der Waals surface area contributed by atoms with Gasteiger partial charge in [0.1, 0.15) is 4.21 Å². The quantitative estimate of drug-likeness (QED) is 0.711. The Morgan fingerprint density at radius 2 is 1.88 bits per heavy atom. The first-order chi connectivity index (χ1) is 12.4. The van der Waals surface area contributed by atoms with Gasteiger partial charge in [0.25, 0.3) is 15.9 Å². The second-order valence-corrected chi connectivity index (χ2v) is 10.2. The Labute approximate surface area is 166 Å². The summed E-state index contributed by atoms with van der Waals surface area (Å²) in [6, 6.07) is 10.6. The third-order valence-corrected chi connectivity index (χ3v) is 8.37. The fourth-order valence-electron chi connectivity index (χ4n) is 2.95. The van der Waals surface area contributed by atoms with Crippen molar-refractivity contribution in [2.75, 3.05) is 31.5 Å². The molecule has 0 saturated carbocycles. The standard InChI is InChI=1S/C17H20BrN3O3S2/c1-13(17(22)19-15-6-4-14(18)5-7-15)20-8-10-21(11-9-20)26(23,24)16-3-2-12-25-16/h2-7,12-13H,8-11H2,1H3,(H,19,22)/p+1/t13-/m0/s1. The smallest absolute Gasteiger partial charge is 0.282 e. The molecular formula is C17H21BrN3O3S2+. The largest absolute Gasteiger partial charge is 0.323 e. The lowest BCUT2D eigenvalue weighted by atomic mass is 10.2. The van der Waals surface area contributed by atoms with Gasteiger partial charge in [-0.15, -0.1) is 11.3 Å². The fraction of sp³-hybridized carbons (Fsp3) is 0.353. The van der Waals surface area contributed by atoms with Gasteiger partial charge in [-0.3, -0.25) is 4.79 Å². The molecule has 2 heterocycles. The van der Waals surface area contributed by atoms with E-state index in [2.05, 4.69) is 21.2 Å². The van der Waals surface area contributed by atoms with Crippen molar-refractivity contribution in [3.05, 3.63) is 46.3 Å². The SMILES string of the molecule is C[C@@H](C(=O)Nc1ccc(Br)cc1)[NH+]1CCN(S(=O)(=O)c2cccs2)CC1. The Morgan fingerprint density at radius 1 is 1.23 bits per heavy atom. The predicted molar refractivity (Wildman–Crippen MR) is 106 cm³/mol. The number of carbonyl (C=O) groups excluding carboxylic acids is 1. The number of hydrogen-bond acceptors (Lipinski definition) is 4. The van der Waals surface area contributed by atoms with E-state index in [-0.39, 0.29) is 11.9 Å². The van der Waals surface area contributed by atoms with Crippen molar-refractivity contribution in [2.45, 2.75) is 17.2 Å². The molecule has 1 fully saturated rings. The molecule has 6 nitrogen and oxygen atoms in total. The molecule has 0 spiro atoms. The van der Waals surface area contributed by atoms with Gasteiger partial charge in [-0.2, -0.15) is 4.31 Å². The van der Waals surface area contributed by atoms with E-state index in [1.165, 1.54) is 15.6 Å². The second-order valence-electron chi connectivity index (χ2n) is 6.21. The Balaban J connectivity index is 1.57. The van der Waals surface area contributed by atoms with E-state index in [1.54, 1.807) is 17.5 Å². The van der Waals surface area contributed by atoms with E-state index in [4.69, 9.17) is 0 Å². The third-order valence-electron chi connectivity index (χ3n) is 4.57. The maximum atomic E-state index is 12.6. The molecule has 1 amide bonds. The summed E-state index contributed by atoms with van der Waals surface area (Å²) in [5.74, 6) is -0.0584. The number of thiophene rings is 1. The average molecular weight is 459 g/mol. The number of piperazine rings is 1. The monoisotopic (exact) mass is 458 g/mol. The Kier molecular flexibility index (Phi) is 6.13. The zero-order valence-electron chi connectivity index (χ0n) is 14.3. The number of nitrogens with zero attached hydrogens (tertiary/aromatic N) is 1. The first kappa shape index (κ1) is 19.5. The fourth-order valence-corrected chi connectivity index (χ4v) is 5.80. The minimum Gasteiger partial charge on any atom is -0.323 e. The minimum atomic E-state index is -3.41. The molecule has 140 valence electrons. The summed E-state index contributed by atoms with van der Waals surface area (Å²) in [7, 11) is -3.41. The molecule has 1 aromatic heterocycles. The summed E-state index contributed by atoms with van der Waals surface area (Å²) in [4.78, 5) is 13.6. The van der Waals surface area contributed by atoms with Crippen LogP contribution in [0.1, 0.15) is 6.92 Å². The molecular weight excluding hydrogens is 438 g/mol. The Bertz CT molecular complexity index is 846. The van der Waals surface area contributed by atoms with Crippen molar-refractivity contribution in [1.29, 1.82) is 0 Å². The van der Waals surface area contributed by atoms with E-state index in [9.17, 15) is 13.2 Å². The first-order valence-corrected chi connectivity index (χ1v) is 11.4. The highest BCUT2D eigenvalue weighted by atomic mass is 79.9. The van der Waals surface area contributed by atoms with E-state index >= 15 is 0 Å². The summed E-state index contributed by atoms with van der Waals surface area (Å²) in [6.45, 7) is 3.95. The van der Waals surface area contributed by atoms with Crippen molar-refractivity contribution in [3.63, 3.8) is 0 Å². The molecule has 1 atom stereocenters. The number of carbonyl (C=O) groups is 1. The molecule has 1 saturated heterocycles. The van der Waals surface area contributed by atoms with Crippen molar-refractivity contribution in [2.24, 2.45) is 0 Å². The lowest BCUT2D eigenvalue weighted by Gasteiger charge is -2.33. The van der Waals surface area contributed by atoms with Crippen LogP contribution in [0.5, 0.6) is 0 Å². The number of quaternary nitrogens is 1. The van der Waals surface area contributed by atoms with Gasteiger partial charge in [-0.1, -0.05) is 22.0 Å². The van der Waals surface area contributed by atoms with Crippen LogP contribution < -0.4 is 10.2 Å². The molecule has 3 rings (SSSR count). The second kappa shape index (κ2) is 8.18. The molecule has 1 aliphatic rings. The van der Waals surface area contributed by atoms with Crippen LogP contribution in [0.25, 0.3) is 0 Å². The number of amides is 1. The van der Waals surface area contributed by atoms with Gasteiger partial charge < -0.3 is 10.2 Å². The highest BCUT2D eigenvalue weighted by Gasteiger charge is 2.34. The van der Waals surface area contributed by atoms with Gasteiger partial charge in [0.05, 0.1) is 26.2 Å². The Hall–Kier alpha value is -1.26. The summed E-state index contributed by atoms with van der Waals surface area (Å²) in [6.07, 6.45) is 0. The number of sulfonamides is 1. The highest BCUT2D eigenvalue weighted by molar-refractivity contribution is 9.10. The highest BCUT2D eigenvalue weighted by Crippen LogP contribution is 2.20. The number of benzene rings is 1. The van der Waals surface area contributed by atoms with E-state index in [1.807, 2.05) is 31.2 Å². The van der Waals surface area contributed by atoms with Crippen molar-refractivity contribution >= 4 is 48.9 Å². The number of rotatable bonds is 5. The lowest BCUT2D eigenvalue weighted by Crippen LogP contribution is -3.19. The summed E-state index contributed by atoms with van der Waals surface area (Å²) < 4.78 is 28.0. The van der Waals surface area contributed by atoms with Gasteiger partial charge in [0.2, 0.25) is 0 Å². The summed E-state index contributed by atoms with van der Waals surface area (Å²) in [5, 5.41) is 4.69. The van der Waals surface area contributed by atoms with E-state index < -0.39 is 10.0 Å². The van der Waals surface area contributed by atoms with Gasteiger partial charge in [0, 0.05) is 10.2 Å². The number of nitrogens with one attached hydrogen (secondary N) is 2. The van der Waals surface area contributed by atoms with Crippen LogP contribution in [0.3, 0.4) is 0 Å². The van der Waals surface area contributed by atoms with Crippen LogP contribution in [0.4, 0.5) is 5.69 Å². The maximum absolute atomic E-state index is 12.6. The number of halogens is 1. The predicted octanol–water partition coefficient (Wildman–Crippen LogP) is 1.43. The molecule has 0 aliphatic carbocycles. The lowest BCUT2D eigenvalue weighted by molar-refractivity contribution is -0.917. The molecule has 2 N–H and O–H groups in total. The van der Waals surface area contributed by atoms with Crippen LogP contribution >= 0.6 is 27.3 Å². The third kappa shape index (κ3) is 4.34. The zero-order chi connectivity index (χ0) is 18.7. The molecule has 2 aromatic rings. The number of hydrogen-bond donors (Lipinski definition) is 2. The van der Waals surface area contributed by atoms with Crippen LogP contribution in [0.15, 0.2) is 50.5 Å². The Morgan fingerprint density at radius 3 is 2.46 bits per heavy atom. The first-order valence-electron chi connectivity index (χ1n) is 8.32. The molecule has 0 radical (unpaired) electrons. The maximum Gasteiger partial charge on any atom is 0.282 e. The van der Waals surface area contributed by atoms with Gasteiger partial charge in [-0.05, 0) is 42.6 Å². The molecule has 1 aliphatic heterocycles. The van der Waals surface area contributed by atoms with Crippen LogP contribution in [0, 0.1) is 0 Å². The van der Waals surface area contributed by atoms with Gasteiger partial charge in [-0.25, -0.2) is 8.42 Å². The molecule has 9 heteroatoms. The molecule has 26 heavy (non-hydrogen) atoms. The van der Waals surface area contributed by atoms with E-state index in [0.29, 0.717) is 30.4 Å². The van der Waals surface area contributed by atoms with Crippen LogP contribution in [-0.4, -0.2) is 50.9 Å². The summed E-state index contributed by atoms with van der Waals surface area (Å²) in [5.41, 5.74) is 0.753. The molecule has 0 bridgehead atoms. The minimum absolute atomic E-state index is 0.0584. The van der Waals surface area contributed by atoms with Crippen molar-refractivity contribution in [1.82, 2.24) is 4.31 Å². The number of anilines is 1. The van der Waals surface area contributed by atoms with Crippen LogP contribution in [-0.2, 0) is 14.8 Å². The molecule has 0 unspecified atom stereocenters.